The van der Waals surface area contributed by atoms with E-state index in [1.165, 1.54) is 0 Å². The van der Waals surface area contributed by atoms with E-state index in [0.29, 0.717) is 17.2 Å². The molecule has 0 radical (unpaired) electrons. The number of nitrogens with one attached hydrogen (secondary N) is 3. The van der Waals surface area contributed by atoms with Gasteiger partial charge in [-0.2, -0.15) is 0 Å². The van der Waals surface area contributed by atoms with Crippen molar-refractivity contribution in [3.8, 4) is 0 Å². The van der Waals surface area contributed by atoms with Gasteiger partial charge < -0.3 is 10.6 Å². The first kappa shape index (κ1) is 13.3. The van der Waals surface area contributed by atoms with Crippen molar-refractivity contribution in [2.24, 2.45) is 5.92 Å². The molecule has 0 spiro atoms. The molecule has 1 aromatic heterocycles. The lowest BCUT2D eigenvalue weighted by Gasteiger charge is -2.07. The van der Waals surface area contributed by atoms with Gasteiger partial charge in [0.2, 0.25) is 11.7 Å². The highest BCUT2D eigenvalue weighted by Gasteiger charge is 2.29. The molecule has 1 saturated carbocycles. The van der Waals surface area contributed by atoms with Gasteiger partial charge in [0.25, 0.3) is 5.91 Å². The number of benzene rings is 1. The van der Waals surface area contributed by atoms with Gasteiger partial charge >= 0.3 is 0 Å². The maximum Gasteiger partial charge on any atom is 0.295 e. The van der Waals surface area contributed by atoms with Crippen molar-refractivity contribution in [3.05, 3.63) is 35.9 Å². The Balaban J connectivity index is 1.67. The zero-order chi connectivity index (χ0) is 14.8. The van der Waals surface area contributed by atoms with Crippen LogP contribution in [-0.2, 0) is 4.79 Å². The van der Waals surface area contributed by atoms with E-state index >= 15 is 0 Å². The molecule has 7 nitrogen and oxygen atoms in total. The van der Waals surface area contributed by atoms with Crippen LogP contribution in [0, 0.1) is 12.8 Å². The quantitative estimate of drug-likeness (QED) is 0.796. The number of rotatable bonds is 4. The molecule has 1 aliphatic carbocycles. The predicted molar refractivity (Wildman–Crippen MR) is 76.9 cm³/mol. The molecule has 21 heavy (non-hydrogen) atoms. The average Bonchev–Trinajstić information content (AvgIpc) is 3.21. The van der Waals surface area contributed by atoms with Gasteiger partial charge in [-0.3, -0.25) is 14.7 Å². The molecular weight excluding hydrogens is 270 g/mol. The Morgan fingerprint density at radius 2 is 1.95 bits per heavy atom. The summed E-state index contributed by atoms with van der Waals surface area (Å²) in [6, 6.07) is 7.00. The molecule has 2 aromatic rings. The summed E-state index contributed by atoms with van der Waals surface area (Å²) in [6.07, 6.45) is 1.90. The number of H-pyrrole nitrogens is 1. The summed E-state index contributed by atoms with van der Waals surface area (Å²) in [5.41, 5.74) is 1.24. The fourth-order valence-electron chi connectivity index (χ4n) is 1.90. The number of aromatic nitrogens is 3. The van der Waals surface area contributed by atoms with E-state index in [9.17, 15) is 9.59 Å². The first-order chi connectivity index (χ1) is 10.1. The van der Waals surface area contributed by atoms with Crippen molar-refractivity contribution in [2.45, 2.75) is 19.8 Å². The lowest BCUT2D eigenvalue weighted by molar-refractivity contribution is -0.117. The third-order valence-corrected chi connectivity index (χ3v) is 3.14. The summed E-state index contributed by atoms with van der Waals surface area (Å²) >= 11 is 0. The molecule has 0 unspecified atom stereocenters. The molecule has 3 rings (SSSR count). The van der Waals surface area contributed by atoms with Gasteiger partial charge in [-0.1, -0.05) is 6.07 Å². The molecule has 7 heteroatoms. The van der Waals surface area contributed by atoms with Gasteiger partial charge in [-0.25, -0.2) is 4.98 Å². The third kappa shape index (κ3) is 3.25. The van der Waals surface area contributed by atoms with E-state index in [2.05, 4.69) is 25.8 Å². The molecule has 2 amide bonds. The standard InChI is InChI=1S/C14H15N5O2/c1-8-15-12(19-18-8)14(21)17-11-4-2-3-10(7-11)16-13(20)9-5-6-9/h2-4,7,9H,5-6H2,1H3,(H,16,20)(H,17,21)(H,15,18,19). The Kier molecular flexibility index (Phi) is 3.39. The fraction of sp³-hybridized carbons (Fsp3) is 0.286. The van der Waals surface area contributed by atoms with E-state index in [1.54, 1.807) is 31.2 Å². The molecule has 0 atom stereocenters. The Hall–Kier alpha value is -2.70. The van der Waals surface area contributed by atoms with E-state index in [1.807, 2.05) is 0 Å². The zero-order valence-electron chi connectivity index (χ0n) is 11.5. The summed E-state index contributed by atoms with van der Waals surface area (Å²) in [4.78, 5) is 27.6. The van der Waals surface area contributed by atoms with E-state index in [4.69, 9.17) is 0 Å². The number of hydrogen-bond donors (Lipinski definition) is 3. The number of hydrogen-bond acceptors (Lipinski definition) is 4. The molecule has 1 aliphatic rings. The van der Waals surface area contributed by atoms with Gasteiger partial charge in [0.05, 0.1) is 0 Å². The summed E-state index contributed by atoms with van der Waals surface area (Å²) in [6.45, 7) is 1.72. The summed E-state index contributed by atoms with van der Waals surface area (Å²) in [7, 11) is 0. The maximum absolute atomic E-state index is 11.9. The number of aromatic amines is 1. The highest BCUT2D eigenvalue weighted by atomic mass is 16.2. The van der Waals surface area contributed by atoms with E-state index in [-0.39, 0.29) is 17.6 Å². The molecular formula is C14H15N5O2. The molecule has 1 heterocycles. The molecule has 0 aliphatic heterocycles. The lowest BCUT2D eigenvalue weighted by Crippen LogP contribution is -2.15. The minimum atomic E-state index is -0.398. The normalized spacial score (nSPS) is 13.8. The second-order valence-corrected chi connectivity index (χ2v) is 5.04. The monoisotopic (exact) mass is 285 g/mol. The largest absolute Gasteiger partial charge is 0.326 e. The second-order valence-electron chi connectivity index (χ2n) is 5.04. The predicted octanol–water partition coefficient (Wildman–Crippen LogP) is 1.71. The second kappa shape index (κ2) is 5.35. The number of amides is 2. The minimum Gasteiger partial charge on any atom is -0.326 e. The highest BCUT2D eigenvalue weighted by molar-refractivity contribution is 6.02. The van der Waals surface area contributed by atoms with Crippen LogP contribution in [0.15, 0.2) is 24.3 Å². The molecule has 0 bridgehead atoms. The summed E-state index contributed by atoms with van der Waals surface area (Å²) in [5.74, 6) is 0.429. The third-order valence-electron chi connectivity index (χ3n) is 3.14. The first-order valence-electron chi connectivity index (χ1n) is 6.73. The number of carbonyl (C=O) groups excluding carboxylic acids is 2. The Morgan fingerprint density at radius 3 is 2.57 bits per heavy atom. The molecule has 0 saturated heterocycles. The van der Waals surface area contributed by atoms with Crippen molar-refractivity contribution in [3.63, 3.8) is 0 Å². The Bertz CT molecular complexity index is 690. The van der Waals surface area contributed by atoms with Crippen LogP contribution < -0.4 is 10.6 Å². The van der Waals surface area contributed by atoms with Crippen LogP contribution in [0.3, 0.4) is 0 Å². The van der Waals surface area contributed by atoms with Gasteiger partial charge in [-0.05, 0) is 38.0 Å². The highest BCUT2D eigenvalue weighted by Crippen LogP contribution is 2.30. The summed E-state index contributed by atoms with van der Waals surface area (Å²) < 4.78 is 0. The number of anilines is 2. The lowest BCUT2D eigenvalue weighted by atomic mass is 10.2. The SMILES string of the molecule is Cc1nc(C(=O)Nc2cccc(NC(=O)C3CC3)c2)n[nH]1. The number of aryl methyl sites for hydroxylation is 1. The maximum atomic E-state index is 11.9. The van der Waals surface area contributed by atoms with Gasteiger partial charge in [-0.15, -0.1) is 5.10 Å². The minimum absolute atomic E-state index is 0.0306. The topological polar surface area (TPSA) is 99.8 Å². The number of nitrogens with zero attached hydrogens (tertiary/aromatic N) is 2. The van der Waals surface area contributed by atoms with Crippen LogP contribution in [0.25, 0.3) is 0 Å². The van der Waals surface area contributed by atoms with Crippen LogP contribution >= 0.6 is 0 Å². The van der Waals surface area contributed by atoms with Crippen LogP contribution in [0.2, 0.25) is 0 Å². The van der Waals surface area contributed by atoms with Crippen molar-refractivity contribution < 1.29 is 9.59 Å². The van der Waals surface area contributed by atoms with Gasteiger partial charge in [0.15, 0.2) is 0 Å². The first-order valence-corrected chi connectivity index (χ1v) is 6.73. The zero-order valence-corrected chi connectivity index (χ0v) is 11.5. The fourth-order valence-corrected chi connectivity index (χ4v) is 1.90. The van der Waals surface area contributed by atoms with E-state index in [0.717, 1.165) is 12.8 Å². The molecule has 108 valence electrons. The van der Waals surface area contributed by atoms with Crippen molar-refractivity contribution in [1.29, 1.82) is 0 Å². The van der Waals surface area contributed by atoms with Crippen LogP contribution in [0.1, 0.15) is 29.3 Å². The van der Waals surface area contributed by atoms with E-state index < -0.39 is 5.91 Å². The van der Waals surface area contributed by atoms with Crippen LogP contribution in [0.5, 0.6) is 0 Å². The Labute approximate surface area is 121 Å². The molecule has 3 N–H and O–H groups in total. The van der Waals surface area contributed by atoms with Crippen molar-refractivity contribution in [1.82, 2.24) is 15.2 Å². The molecule has 1 fully saturated rings. The van der Waals surface area contributed by atoms with Crippen molar-refractivity contribution in [2.75, 3.05) is 10.6 Å². The summed E-state index contributed by atoms with van der Waals surface area (Å²) in [5, 5.41) is 11.9. The Morgan fingerprint density at radius 1 is 1.24 bits per heavy atom. The van der Waals surface area contributed by atoms with Gasteiger partial charge in [0.1, 0.15) is 5.82 Å². The average molecular weight is 285 g/mol. The molecule has 1 aromatic carbocycles. The van der Waals surface area contributed by atoms with Crippen LogP contribution in [-0.4, -0.2) is 27.0 Å². The van der Waals surface area contributed by atoms with Crippen molar-refractivity contribution >= 4 is 23.2 Å². The van der Waals surface area contributed by atoms with Gasteiger partial charge in [0, 0.05) is 17.3 Å². The smallest absolute Gasteiger partial charge is 0.295 e. The van der Waals surface area contributed by atoms with Crippen LogP contribution in [0.4, 0.5) is 11.4 Å². The number of carbonyl (C=O) groups is 2.